The number of nitrogens with zero attached hydrogens (tertiary/aromatic N) is 6. The molecule has 2 bridgehead atoms. The van der Waals surface area contributed by atoms with Crippen LogP contribution in [0.5, 0.6) is 0 Å². The summed E-state index contributed by atoms with van der Waals surface area (Å²) in [5.41, 5.74) is 1.14. The molecule has 2 aliphatic rings. The van der Waals surface area contributed by atoms with Gasteiger partial charge in [0.2, 0.25) is 5.91 Å². The fraction of sp³-hybridized carbons (Fsp3) is 0.560. The van der Waals surface area contributed by atoms with Crippen molar-refractivity contribution in [3.05, 3.63) is 49.5 Å². The van der Waals surface area contributed by atoms with Crippen molar-refractivity contribution in [2.24, 2.45) is 21.1 Å². The van der Waals surface area contributed by atoms with E-state index in [0.29, 0.717) is 31.5 Å². The van der Waals surface area contributed by atoms with Crippen LogP contribution in [0.2, 0.25) is 0 Å². The Bertz CT molecular complexity index is 1370. The largest absolute Gasteiger partial charge is 0.483 e. The molecule has 1 aliphatic carbocycles. The second-order valence-electron chi connectivity index (χ2n) is 9.68. The van der Waals surface area contributed by atoms with Crippen molar-refractivity contribution in [3.8, 4) is 0 Å². The van der Waals surface area contributed by atoms with Gasteiger partial charge < -0.3 is 20.2 Å². The Labute approximate surface area is 224 Å². The maximum Gasteiger partial charge on any atom is 0.331 e. The minimum absolute atomic E-state index is 0.00916. The second-order valence-corrected chi connectivity index (χ2v) is 9.68. The molecule has 212 valence electrons. The van der Waals surface area contributed by atoms with Crippen LogP contribution in [0.15, 0.2) is 15.7 Å². The van der Waals surface area contributed by atoms with Crippen LogP contribution in [-0.4, -0.2) is 90.7 Å². The van der Waals surface area contributed by atoms with Gasteiger partial charge in [0.05, 0.1) is 0 Å². The Morgan fingerprint density at radius 2 is 1.72 bits per heavy atom. The monoisotopic (exact) mass is 545 g/mol. The molecule has 1 aliphatic heterocycles. The van der Waals surface area contributed by atoms with Gasteiger partial charge in [-0.05, 0) is 32.1 Å². The van der Waals surface area contributed by atoms with Gasteiger partial charge in [-0.15, -0.1) is 0 Å². The minimum Gasteiger partial charge on any atom is -0.483 e. The predicted molar refractivity (Wildman–Crippen MR) is 139 cm³/mol. The molecular formula is C25H35N7O7. The van der Waals surface area contributed by atoms with Crippen LogP contribution in [0.3, 0.4) is 0 Å². The molecule has 2 aromatic heterocycles. The first-order valence-corrected chi connectivity index (χ1v) is 12.7. The SMILES string of the molecule is CN1C(=O)CCCN(C(=O)c2cc(=O)n(C)c(=O)n2C)CCCNC(=O)c2nn(C)c3c2CC1CC3.O=CO. The highest BCUT2D eigenvalue weighted by Crippen LogP contribution is 2.27. The zero-order valence-electron chi connectivity index (χ0n) is 22.7. The number of carboxylic acid groups (broad SMARTS) is 1. The summed E-state index contributed by atoms with van der Waals surface area (Å²) >= 11 is 0. The Balaban J connectivity index is 0.00000134. The molecule has 3 heterocycles. The van der Waals surface area contributed by atoms with Gasteiger partial charge in [0.1, 0.15) is 5.69 Å². The van der Waals surface area contributed by atoms with Gasteiger partial charge >= 0.3 is 5.69 Å². The summed E-state index contributed by atoms with van der Waals surface area (Å²) in [5, 5.41) is 14.2. The molecule has 0 fully saturated rings. The Morgan fingerprint density at radius 3 is 2.41 bits per heavy atom. The van der Waals surface area contributed by atoms with E-state index >= 15 is 0 Å². The van der Waals surface area contributed by atoms with Crippen molar-refractivity contribution in [2.75, 3.05) is 26.7 Å². The van der Waals surface area contributed by atoms with E-state index in [4.69, 9.17) is 9.90 Å². The number of likely N-dealkylation sites (N-methyl/N-ethyl adjacent to an activating group) is 1. The van der Waals surface area contributed by atoms with E-state index in [1.54, 1.807) is 16.6 Å². The van der Waals surface area contributed by atoms with Crippen molar-refractivity contribution < 1.29 is 24.3 Å². The molecule has 0 spiro atoms. The highest BCUT2D eigenvalue weighted by Gasteiger charge is 2.32. The lowest BCUT2D eigenvalue weighted by Gasteiger charge is -2.32. The van der Waals surface area contributed by atoms with Gasteiger partial charge in [0, 0.05) is 77.6 Å². The molecule has 1 atom stereocenters. The normalized spacial score (nSPS) is 18.3. The van der Waals surface area contributed by atoms with Crippen molar-refractivity contribution in [2.45, 2.75) is 44.6 Å². The summed E-state index contributed by atoms with van der Waals surface area (Å²) in [5.74, 6) is -0.763. The van der Waals surface area contributed by atoms with E-state index in [2.05, 4.69) is 10.4 Å². The molecule has 0 aromatic carbocycles. The van der Waals surface area contributed by atoms with Gasteiger partial charge in [0.25, 0.3) is 23.8 Å². The number of nitrogens with one attached hydrogen (secondary N) is 1. The number of aryl methyl sites for hydroxylation is 1. The number of carbonyl (C=O) groups excluding carboxylic acids is 3. The summed E-state index contributed by atoms with van der Waals surface area (Å²) in [6.07, 6.45) is 3.27. The van der Waals surface area contributed by atoms with Crippen molar-refractivity contribution in [1.82, 2.24) is 34.0 Å². The summed E-state index contributed by atoms with van der Waals surface area (Å²) in [6.45, 7) is 0.647. The van der Waals surface area contributed by atoms with Crippen LogP contribution in [-0.2, 0) is 43.6 Å². The Hall–Kier alpha value is -4.23. The molecule has 4 rings (SSSR count). The number of carbonyl (C=O) groups is 4. The van der Waals surface area contributed by atoms with Crippen LogP contribution < -0.4 is 16.6 Å². The third kappa shape index (κ3) is 6.26. The van der Waals surface area contributed by atoms with Crippen LogP contribution >= 0.6 is 0 Å². The highest BCUT2D eigenvalue weighted by molar-refractivity contribution is 5.94. The molecule has 0 saturated carbocycles. The summed E-state index contributed by atoms with van der Waals surface area (Å²) < 4.78 is 3.84. The molecular weight excluding hydrogens is 510 g/mol. The van der Waals surface area contributed by atoms with Crippen molar-refractivity contribution >= 4 is 24.2 Å². The predicted octanol–water partition coefficient (Wildman–Crippen LogP) is -1.11. The molecule has 2 aromatic rings. The molecule has 14 nitrogen and oxygen atoms in total. The second kappa shape index (κ2) is 12.5. The van der Waals surface area contributed by atoms with Crippen molar-refractivity contribution in [3.63, 3.8) is 0 Å². The third-order valence-electron chi connectivity index (χ3n) is 7.33. The van der Waals surface area contributed by atoms with Gasteiger partial charge in [-0.3, -0.25) is 37.8 Å². The zero-order valence-corrected chi connectivity index (χ0v) is 22.7. The summed E-state index contributed by atoms with van der Waals surface area (Å²) in [4.78, 5) is 75.4. The lowest BCUT2D eigenvalue weighted by molar-refractivity contribution is -0.132. The van der Waals surface area contributed by atoms with E-state index in [9.17, 15) is 24.0 Å². The lowest BCUT2D eigenvalue weighted by atomic mass is 9.90. The summed E-state index contributed by atoms with van der Waals surface area (Å²) in [7, 11) is 6.41. The number of fused-ring (bicyclic) bond motifs is 1. The van der Waals surface area contributed by atoms with E-state index in [-0.39, 0.29) is 49.5 Å². The number of aromatic nitrogens is 4. The topological polar surface area (TPSA) is 169 Å². The number of hydrogen-bond donors (Lipinski definition) is 2. The molecule has 2 N–H and O–H groups in total. The third-order valence-corrected chi connectivity index (χ3v) is 7.33. The van der Waals surface area contributed by atoms with E-state index in [1.807, 2.05) is 7.05 Å². The molecule has 0 radical (unpaired) electrons. The van der Waals surface area contributed by atoms with Crippen LogP contribution in [0.1, 0.15) is 57.9 Å². The average Bonchev–Trinajstić information content (AvgIpc) is 3.25. The van der Waals surface area contributed by atoms with E-state index in [0.717, 1.165) is 39.3 Å². The molecule has 39 heavy (non-hydrogen) atoms. The quantitative estimate of drug-likeness (QED) is 0.425. The average molecular weight is 546 g/mol. The van der Waals surface area contributed by atoms with Crippen molar-refractivity contribution in [1.29, 1.82) is 0 Å². The maximum absolute atomic E-state index is 13.3. The smallest absolute Gasteiger partial charge is 0.331 e. The Kier molecular flexibility index (Phi) is 9.43. The standard InChI is InChI=1S/C24H33N7O5.CH2O2/c1-27-15-8-9-17-16(13-15)21(26-30(17)4)22(34)25-10-6-12-31(11-5-7-19(27)32)23(35)18-14-20(33)29(3)24(36)28(18)2;2-1-3/h14-15H,5-13H2,1-4H3,(H,25,34);1H,(H,2,3). The fourth-order valence-corrected chi connectivity index (χ4v) is 5.06. The molecule has 1 unspecified atom stereocenters. The molecule has 0 saturated heterocycles. The fourth-order valence-electron chi connectivity index (χ4n) is 5.06. The van der Waals surface area contributed by atoms with E-state index in [1.165, 1.54) is 19.0 Å². The first-order chi connectivity index (χ1) is 18.5. The molecule has 14 heteroatoms. The van der Waals surface area contributed by atoms with Gasteiger partial charge in [-0.1, -0.05) is 0 Å². The molecule has 3 amide bonds. The van der Waals surface area contributed by atoms with Crippen LogP contribution in [0.25, 0.3) is 0 Å². The highest BCUT2D eigenvalue weighted by atomic mass is 16.3. The van der Waals surface area contributed by atoms with E-state index < -0.39 is 17.2 Å². The number of rotatable bonds is 1. The van der Waals surface area contributed by atoms with Gasteiger partial charge in [-0.25, -0.2) is 4.79 Å². The van der Waals surface area contributed by atoms with Crippen LogP contribution in [0, 0.1) is 0 Å². The van der Waals surface area contributed by atoms with Gasteiger partial charge in [-0.2, -0.15) is 5.10 Å². The lowest BCUT2D eigenvalue weighted by Crippen LogP contribution is -2.43. The summed E-state index contributed by atoms with van der Waals surface area (Å²) in [6, 6.07) is 1.12. The van der Waals surface area contributed by atoms with Gasteiger partial charge in [0.15, 0.2) is 5.69 Å². The zero-order chi connectivity index (χ0) is 28.9. The number of amides is 3. The number of hydrogen-bond acceptors (Lipinski definition) is 7. The first-order valence-electron chi connectivity index (χ1n) is 12.7. The maximum atomic E-state index is 13.3. The Morgan fingerprint density at radius 1 is 1.05 bits per heavy atom. The minimum atomic E-state index is -0.588. The van der Waals surface area contributed by atoms with Crippen LogP contribution in [0.4, 0.5) is 0 Å². The first kappa shape index (κ1) is 29.3.